The van der Waals surface area contributed by atoms with Crippen molar-refractivity contribution in [2.75, 3.05) is 6.61 Å². The van der Waals surface area contributed by atoms with E-state index in [9.17, 15) is 18.0 Å². The van der Waals surface area contributed by atoms with E-state index in [2.05, 4.69) is 0 Å². The number of rotatable bonds is 5. The average Bonchev–Trinajstić information content (AvgIpc) is 2.27. The van der Waals surface area contributed by atoms with Gasteiger partial charge in [0.25, 0.3) is 0 Å². The summed E-state index contributed by atoms with van der Waals surface area (Å²) in [5, 5.41) is 8.77. The van der Waals surface area contributed by atoms with Crippen LogP contribution in [0.15, 0.2) is 18.2 Å². The summed E-state index contributed by atoms with van der Waals surface area (Å²) in [6.45, 7) is 2.29. The van der Waals surface area contributed by atoms with Crippen molar-refractivity contribution < 1.29 is 27.8 Å². The molecule has 0 bridgehead atoms. The molecule has 100 valence electrons. The lowest BCUT2D eigenvalue weighted by Crippen LogP contribution is -2.13. The summed E-state index contributed by atoms with van der Waals surface area (Å²) in [6.07, 6.45) is -3.05. The molecule has 0 unspecified atom stereocenters. The Morgan fingerprint density at radius 3 is 2.56 bits per heavy atom. The lowest BCUT2D eigenvalue weighted by atomic mass is 10.1. The summed E-state index contributed by atoms with van der Waals surface area (Å²) in [4.78, 5) is 10.8. The van der Waals surface area contributed by atoms with Crippen LogP contribution in [0.5, 0.6) is 5.75 Å². The maximum Gasteiger partial charge on any atom is 0.417 e. The Bertz CT molecular complexity index is 427. The SMILES string of the molecule is CCCCOc1ccc(C(F)(F)F)c(C(=O)O)c1. The molecule has 1 aromatic carbocycles. The molecule has 0 aliphatic rings. The maximum absolute atomic E-state index is 12.5. The number of hydrogen-bond acceptors (Lipinski definition) is 2. The molecule has 1 aromatic rings. The number of alkyl halides is 3. The fraction of sp³-hybridized carbons (Fsp3) is 0.417. The highest BCUT2D eigenvalue weighted by atomic mass is 19.4. The molecule has 18 heavy (non-hydrogen) atoms. The molecule has 0 heterocycles. The van der Waals surface area contributed by atoms with Crippen LogP contribution < -0.4 is 4.74 Å². The first-order chi connectivity index (χ1) is 8.36. The first-order valence-electron chi connectivity index (χ1n) is 5.43. The smallest absolute Gasteiger partial charge is 0.417 e. The van der Waals surface area contributed by atoms with Crippen molar-refractivity contribution >= 4 is 5.97 Å². The highest BCUT2D eigenvalue weighted by molar-refractivity contribution is 5.90. The van der Waals surface area contributed by atoms with E-state index in [0.717, 1.165) is 31.0 Å². The number of aromatic carboxylic acids is 1. The highest BCUT2D eigenvalue weighted by Crippen LogP contribution is 2.33. The van der Waals surface area contributed by atoms with Crippen LogP contribution in [0.1, 0.15) is 35.7 Å². The molecular weight excluding hydrogens is 249 g/mol. The lowest BCUT2D eigenvalue weighted by Gasteiger charge is -2.12. The van der Waals surface area contributed by atoms with Gasteiger partial charge in [0.15, 0.2) is 0 Å². The minimum Gasteiger partial charge on any atom is -0.494 e. The number of benzene rings is 1. The Labute approximate surface area is 102 Å². The van der Waals surface area contributed by atoms with Gasteiger partial charge in [-0.1, -0.05) is 13.3 Å². The third kappa shape index (κ3) is 3.65. The number of hydrogen-bond donors (Lipinski definition) is 1. The molecule has 0 aliphatic carbocycles. The zero-order valence-corrected chi connectivity index (χ0v) is 9.75. The maximum atomic E-state index is 12.5. The number of ether oxygens (including phenoxy) is 1. The summed E-state index contributed by atoms with van der Waals surface area (Å²) >= 11 is 0. The van der Waals surface area contributed by atoms with Gasteiger partial charge >= 0.3 is 12.1 Å². The van der Waals surface area contributed by atoms with Crippen molar-refractivity contribution in [3.63, 3.8) is 0 Å². The van der Waals surface area contributed by atoms with E-state index in [1.165, 1.54) is 0 Å². The van der Waals surface area contributed by atoms with E-state index in [1.807, 2.05) is 6.92 Å². The fourth-order valence-corrected chi connectivity index (χ4v) is 1.37. The van der Waals surface area contributed by atoms with E-state index in [1.54, 1.807) is 0 Å². The van der Waals surface area contributed by atoms with Gasteiger partial charge in [-0.15, -0.1) is 0 Å². The van der Waals surface area contributed by atoms with Crippen molar-refractivity contribution in [2.45, 2.75) is 25.9 Å². The minimum absolute atomic E-state index is 0.133. The molecule has 0 aliphatic heterocycles. The highest BCUT2D eigenvalue weighted by Gasteiger charge is 2.35. The fourth-order valence-electron chi connectivity index (χ4n) is 1.37. The van der Waals surface area contributed by atoms with Crippen molar-refractivity contribution in [1.29, 1.82) is 0 Å². The van der Waals surface area contributed by atoms with Crippen LogP contribution in [0.2, 0.25) is 0 Å². The Morgan fingerprint density at radius 1 is 1.39 bits per heavy atom. The van der Waals surface area contributed by atoms with Gasteiger partial charge < -0.3 is 9.84 Å². The first kappa shape index (κ1) is 14.3. The second-order valence-electron chi connectivity index (χ2n) is 3.71. The number of unbranched alkanes of at least 4 members (excludes halogenated alkanes) is 1. The molecule has 3 nitrogen and oxygen atoms in total. The normalized spacial score (nSPS) is 11.3. The van der Waals surface area contributed by atoms with Crippen molar-refractivity contribution in [3.8, 4) is 5.75 Å². The molecule has 0 saturated carbocycles. The van der Waals surface area contributed by atoms with Crippen molar-refractivity contribution in [1.82, 2.24) is 0 Å². The van der Waals surface area contributed by atoms with E-state index in [4.69, 9.17) is 9.84 Å². The summed E-state index contributed by atoms with van der Waals surface area (Å²) in [6, 6.07) is 2.76. The third-order valence-electron chi connectivity index (χ3n) is 2.29. The first-order valence-corrected chi connectivity index (χ1v) is 5.43. The van der Waals surface area contributed by atoms with Crippen LogP contribution >= 0.6 is 0 Å². The second kappa shape index (κ2) is 5.75. The number of halogens is 3. The van der Waals surface area contributed by atoms with Gasteiger partial charge in [0.05, 0.1) is 17.7 Å². The van der Waals surface area contributed by atoms with Crippen LogP contribution in [0, 0.1) is 0 Å². The molecule has 1 rings (SSSR count). The molecule has 6 heteroatoms. The average molecular weight is 262 g/mol. The molecule has 0 saturated heterocycles. The van der Waals surface area contributed by atoms with Gasteiger partial charge in [-0.05, 0) is 24.6 Å². The standard InChI is InChI=1S/C12H13F3O3/c1-2-3-6-18-8-4-5-10(12(13,14)15)9(7-8)11(16)17/h4-5,7H,2-3,6H2,1H3,(H,16,17). The van der Waals surface area contributed by atoms with E-state index < -0.39 is 23.3 Å². The van der Waals surface area contributed by atoms with Crippen LogP contribution in [0.25, 0.3) is 0 Å². The number of carbonyl (C=O) groups is 1. The molecule has 0 atom stereocenters. The predicted molar refractivity (Wildman–Crippen MR) is 58.8 cm³/mol. The van der Waals surface area contributed by atoms with Crippen molar-refractivity contribution in [2.24, 2.45) is 0 Å². The van der Waals surface area contributed by atoms with Gasteiger partial charge in [-0.25, -0.2) is 4.79 Å². The third-order valence-corrected chi connectivity index (χ3v) is 2.29. The lowest BCUT2D eigenvalue weighted by molar-refractivity contribution is -0.138. The molecule has 0 fully saturated rings. The molecule has 0 radical (unpaired) electrons. The largest absolute Gasteiger partial charge is 0.494 e. The topological polar surface area (TPSA) is 46.5 Å². The quantitative estimate of drug-likeness (QED) is 0.825. The minimum atomic E-state index is -4.68. The van der Waals surface area contributed by atoms with Gasteiger partial charge in [0.2, 0.25) is 0 Å². The predicted octanol–water partition coefficient (Wildman–Crippen LogP) is 3.58. The van der Waals surface area contributed by atoms with Crippen LogP contribution in [0.3, 0.4) is 0 Å². The Morgan fingerprint density at radius 2 is 2.06 bits per heavy atom. The van der Waals surface area contributed by atoms with Gasteiger partial charge in [0, 0.05) is 0 Å². The van der Waals surface area contributed by atoms with Crippen LogP contribution in [0.4, 0.5) is 13.2 Å². The summed E-state index contributed by atoms with van der Waals surface area (Å²) in [5.41, 5.74) is -1.96. The van der Waals surface area contributed by atoms with Crippen molar-refractivity contribution in [3.05, 3.63) is 29.3 Å². The molecule has 0 aromatic heterocycles. The van der Waals surface area contributed by atoms with Crippen LogP contribution in [-0.4, -0.2) is 17.7 Å². The van der Waals surface area contributed by atoms with E-state index in [-0.39, 0.29) is 5.75 Å². The molecule has 0 amide bonds. The molecule has 1 N–H and O–H groups in total. The number of carboxylic acid groups (broad SMARTS) is 1. The zero-order valence-electron chi connectivity index (χ0n) is 9.75. The zero-order chi connectivity index (χ0) is 13.8. The van der Waals surface area contributed by atoms with Gasteiger partial charge in [-0.2, -0.15) is 13.2 Å². The van der Waals surface area contributed by atoms with Crippen LogP contribution in [-0.2, 0) is 6.18 Å². The summed E-state index contributed by atoms with van der Waals surface area (Å²) in [7, 11) is 0. The van der Waals surface area contributed by atoms with E-state index >= 15 is 0 Å². The Kier molecular flexibility index (Phi) is 4.58. The van der Waals surface area contributed by atoms with Gasteiger partial charge in [0.1, 0.15) is 5.75 Å². The molecular formula is C12H13F3O3. The summed E-state index contributed by atoms with van der Waals surface area (Å²) in [5.74, 6) is -1.49. The van der Waals surface area contributed by atoms with E-state index in [0.29, 0.717) is 6.61 Å². The number of carboxylic acids is 1. The summed E-state index contributed by atoms with van der Waals surface area (Å²) < 4.78 is 42.8. The Balaban J connectivity index is 3.01. The molecule has 0 spiro atoms. The second-order valence-corrected chi connectivity index (χ2v) is 3.71. The van der Waals surface area contributed by atoms with Gasteiger partial charge in [-0.3, -0.25) is 0 Å². The Hall–Kier alpha value is -1.72. The monoisotopic (exact) mass is 262 g/mol.